The predicted octanol–water partition coefficient (Wildman–Crippen LogP) is 4.01. The Morgan fingerprint density at radius 2 is 1.50 bits per heavy atom. The molecule has 4 rings (SSSR count). The normalized spacial score (nSPS) is 14.2. The molecule has 1 N–H and O–H groups in total. The molecule has 1 amide bonds. The van der Waals surface area contributed by atoms with E-state index in [1.54, 1.807) is 38.1 Å². The van der Waals surface area contributed by atoms with Crippen LogP contribution in [0.3, 0.4) is 0 Å². The van der Waals surface area contributed by atoms with Crippen molar-refractivity contribution in [1.29, 1.82) is 5.26 Å². The molecule has 1 aliphatic rings. The van der Waals surface area contributed by atoms with Gasteiger partial charge in [-0.3, -0.25) is 14.5 Å². The smallest absolute Gasteiger partial charge is 0.266 e. The van der Waals surface area contributed by atoms with Gasteiger partial charge in [0.25, 0.3) is 5.56 Å². The van der Waals surface area contributed by atoms with E-state index < -0.39 is 5.56 Å². The summed E-state index contributed by atoms with van der Waals surface area (Å²) < 4.78 is 27.1. The zero-order chi connectivity index (χ0) is 25.8. The molecule has 2 aromatic carbocycles. The van der Waals surface area contributed by atoms with Crippen molar-refractivity contribution >= 4 is 5.91 Å². The molecule has 0 spiro atoms. The number of benzene rings is 2. The van der Waals surface area contributed by atoms with E-state index in [-0.39, 0.29) is 35.6 Å². The highest BCUT2D eigenvalue weighted by atomic mass is 19.1. The molecule has 1 fully saturated rings. The van der Waals surface area contributed by atoms with Crippen LogP contribution in [0.5, 0.6) is 0 Å². The zero-order valence-electron chi connectivity index (χ0n) is 20.4. The third-order valence-electron chi connectivity index (χ3n) is 6.91. The molecule has 0 bridgehead atoms. The topological polar surface area (TPSA) is 80.2 Å². The van der Waals surface area contributed by atoms with Gasteiger partial charge in [-0.25, -0.2) is 8.78 Å². The van der Waals surface area contributed by atoms with Gasteiger partial charge in [0, 0.05) is 38.3 Å². The number of rotatable bonds is 6. The fourth-order valence-corrected chi connectivity index (χ4v) is 4.94. The van der Waals surface area contributed by atoms with Crippen molar-refractivity contribution in [1.82, 2.24) is 14.8 Å². The van der Waals surface area contributed by atoms with Gasteiger partial charge in [-0.05, 0) is 66.8 Å². The van der Waals surface area contributed by atoms with E-state index in [9.17, 15) is 23.6 Å². The Labute approximate surface area is 208 Å². The number of aryl methyl sites for hydroxylation is 1. The van der Waals surface area contributed by atoms with Crippen LogP contribution in [0.4, 0.5) is 8.78 Å². The van der Waals surface area contributed by atoms with Crippen molar-refractivity contribution in [2.75, 3.05) is 26.2 Å². The number of amides is 1. The van der Waals surface area contributed by atoms with E-state index in [4.69, 9.17) is 0 Å². The average Bonchev–Trinajstić information content (AvgIpc) is 2.86. The second-order valence-corrected chi connectivity index (χ2v) is 9.09. The van der Waals surface area contributed by atoms with Crippen LogP contribution in [-0.4, -0.2) is 46.9 Å². The number of nitriles is 1. The Morgan fingerprint density at radius 1 is 0.972 bits per heavy atom. The first kappa shape index (κ1) is 25.3. The minimum atomic E-state index is -0.407. The van der Waals surface area contributed by atoms with Crippen molar-refractivity contribution in [3.8, 4) is 6.07 Å². The highest BCUT2D eigenvalue weighted by Crippen LogP contribution is 2.30. The third kappa shape index (κ3) is 5.37. The van der Waals surface area contributed by atoms with Crippen molar-refractivity contribution in [3.63, 3.8) is 0 Å². The van der Waals surface area contributed by atoms with Gasteiger partial charge in [0.1, 0.15) is 23.3 Å². The molecule has 6 nitrogen and oxygen atoms in total. The van der Waals surface area contributed by atoms with Crippen molar-refractivity contribution in [2.45, 2.75) is 32.7 Å². The number of aromatic amines is 1. The quantitative estimate of drug-likeness (QED) is 0.566. The molecule has 1 saturated heterocycles. The Hall–Kier alpha value is -3.83. The molecule has 2 heterocycles. The SMILES string of the molecule is Cc1[nH]c(=O)c(C#N)c(C)c1CCC(=O)N1CCN(C(c2ccc(F)cc2)c2ccc(F)cc2)CC1. The van der Waals surface area contributed by atoms with Gasteiger partial charge in [0.2, 0.25) is 5.91 Å². The molecule has 0 radical (unpaired) electrons. The molecule has 0 aliphatic carbocycles. The van der Waals surface area contributed by atoms with E-state index in [1.807, 2.05) is 11.0 Å². The van der Waals surface area contributed by atoms with Gasteiger partial charge in [0.05, 0.1) is 6.04 Å². The number of hydrogen-bond donors (Lipinski definition) is 1. The van der Waals surface area contributed by atoms with Gasteiger partial charge in [-0.15, -0.1) is 0 Å². The molecule has 0 atom stereocenters. The Balaban J connectivity index is 1.44. The van der Waals surface area contributed by atoms with Gasteiger partial charge < -0.3 is 9.88 Å². The number of nitrogens with zero attached hydrogens (tertiary/aromatic N) is 3. The van der Waals surface area contributed by atoms with Crippen LogP contribution in [0, 0.1) is 36.8 Å². The fraction of sp³-hybridized carbons (Fsp3) is 0.321. The van der Waals surface area contributed by atoms with Crippen LogP contribution in [0.15, 0.2) is 53.3 Å². The summed E-state index contributed by atoms with van der Waals surface area (Å²) >= 11 is 0. The summed E-state index contributed by atoms with van der Waals surface area (Å²) in [5.41, 5.74) is 3.61. The highest BCUT2D eigenvalue weighted by molar-refractivity contribution is 5.76. The lowest BCUT2D eigenvalue weighted by atomic mass is 9.96. The van der Waals surface area contributed by atoms with E-state index in [0.29, 0.717) is 43.9 Å². The average molecular weight is 491 g/mol. The van der Waals surface area contributed by atoms with Crippen LogP contribution in [0.2, 0.25) is 0 Å². The third-order valence-corrected chi connectivity index (χ3v) is 6.91. The summed E-state index contributed by atoms with van der Waals surface area (Å²) in [5, 5.41) is 9.27. The number of carbonyl (C=O) groups excluding carboxylic acids is 1. The first-order chi connectivity index (χ1) is 17.3. The maximum atomic E-state index is 13.6. The number of pyridine rings is 1. The molecule has 8 heteroatoms. The van der Waals surface area contributed by atoms with Crippen LogP contribution < -0.4 is 5.56 Å². The maximum absolute atomic E-state index is 13.6. The number of carbonyl (C=O) groups is 1. The lowest BCUT2D eigenvalue weighted by Crippen LogP contribution is -2.50. The number of H-pyrrole nitrogens is 1. The molecular weight excluding hydrogens is 462 g/mol. The van der Waals surface area contributed by atoms with Gasteiger partial charge in [0.15, 0.2) is 0 Å². The number of halogens is 2. The molecule has 0 unspecified atom stereocenters. The Morgan fingerprint density at radius 3 is 2.00 bits per heavy atom. The van der Waals surface area contributed by atoms with Crippen LogP contribution in [-0.2, 0) is 11.2 Å². The standard InChI is InChI=1S/C28H28F2N4O2/c1-18-24(19(2)32-28(36)25(18)17-31)11-12-26(35)33-13-15-34(16-14-33)27(20-3-7-22(29)8-4-20)21-5-9-23(30)10-6-21/h3-10,27H,11-16H2,1-2H3,(H,32,36). The summed E-state index contributed by atoms with van der Waals surface area (Å²) in [6, 6.07) is 14.4. The van der Waals surface area contributed by atoms with E-state index >= 15 is 0 Å². The van der Waals surface area contributed by atoms with Gasteiger partial charge >= 0.3 is 0 Å². The van der Waals surface area contributed by atoms with Crippen molar-refractivity contribution in [3.05, 3.63) is 104 Å². The lowest BCUT2D eigenvalue weighted by Gasteiger charge is -2.40. The van der Waals surface area contributed by atoms with E-state index in [1.165, 1.54) is 24.3 Å². The van der Waals surface area contributed by atoms with Gasteiger partial charge in [-0.2, -0.15) is 5.26 Å². The van der Waals surface area contributed by atoms with Crippen molar-refractivity contribution < 1.29 is 13.6 Å². The monoisotopic (exact) mass is 490 g/mol. The Bertz CT molecular complexity index is 1290. The largest absolute Gasteiger partial charge is 0.340 e. The summed E-state index contributed by atoms with van der Waals surface area (Å²) in [6.45, 7) is 5.81. The van der Waals surface area contributed by atoms with Gasteiger partial charge in [-0.1, -0.05) is 24.3 Å². The first-order valence-corrected chi connectivity index (χ1v) is 11.9. The predicted molar refractivity (Wildman–Crippen MR) is 132 cm³/mol. The molecule has 3 aromatic rings. The maximum Gasteiger partial charge on any atom is 0.266 e. The van der Waals surface area contributed by atoms with Crippen LogP contribution >= 0.6 is 0 Å². The highest BCUT2D eigenvalue weighted by Gasteiger charge is 2.28. The number of nitrogens with one attached hydrogen (secondary N) is 1. The second kappa shape index (κ2) is 10.8. The minimum Gasteiger partial charge on any atom is -0.340 e. The first-order valence-electron chi connectivity index (χ1n) is 11.9. The van der Waals surface area contributed by atoms with E-state index in [2.05, 4.69) is 9.88 Å². The summed E-state index contributed by atoms with van der Waals surface area (Å²) in [4.78, 5) is 31.7. The molecule has 186 valence electrons. The number of piperazine rings is 1. The summed E-state index contributed by atoms with van der Waals surface area (Å²) in [5.74, 6) is -0.623. The number of aromatic nitrogens is 1. The number of hydrogen-bond acceptors (Lipinski definition) is 4. The molecule has 1 aliphatic heterocycles. The van der Waals surface area contributed by atoms with Crippen molar-refractivity contribution in [2.24, 2.45) is 0 Å². The van der Waals surface area contributed by atoms with Crippen LogP contribution in [0.1, 0.15) is 46.0 Å². The second-order valence-electron chi connectivity index (χ2n) is 9.09. The zero-order valence-corrected chi connectivity index (χ0v) is 20.4. The molecule has 36 heavy (non-hydrogen) atoms. The van der Waals surface area contributed by atoms with Crippen LogP contribution in [0.25, 0.3) is 0 Å². The lowest BCUT2D eigenvalue weighted by molar-refractivity contribution is -0.133. The minimum absolute atomic E-state index is 0.0123. The summed E-state index contributed by atoms with van der Waals surface area (Å²) in [7, 11) is 0. The molecule has 1 aromatic heterocycles. The van der Waals surface area contributed by atoms with E-state index in [0.717, 1.165) is 16.7 Å². The summed E-state index contributed by atoms with van der Waals surface area (Å²) in [6.07, 6.45) is 0.716. The molecule has 0 saturated carbocycles. The Kier molecular flexibility index (Phi) is 7.61. The fourth-order valence-electron chi connectivity index (χ4n) is 4.94. The molecular formula is C28H28F2N4O2.